The van der Waals surface area contributed by atoms with Crippen molar-refractivity contribution in [1.29, 1.82) is 0 Å². The minimum atomic E-state index is 0.547. The van der Waals surface area contributed by atoms with Crippen LogP contribution in [0.15, 0.2) is 353 Å². The lowest BCUT2D eigenvalue weighted by molar-refractivity contribution is 0.669. The Bertz CT molecular complexity index is 7820. The van der Waals surface area contributed by atoms with Crippen molar-refractivity contribution in [3.05, 3.63) is 340 Å². The maximum Gasteiger partial charge on any atom is 0.167 e. The Morgan fingerprint density at radius 1 is 0.200 bits per heavy atom. The van der Waals surface area contributed by atoms with Gasteiger partial charge in [-0.3, -0.25) is 0 Å². The van der Waals surface area contributed by atoms with Gasteiger partial charge in [-0.1, -0.05) is 243 Å². The standard InChI is InChI=1S/C49H28N4O2.C49H28N4OS/c1-2-13-29(14-3-1)47-50-48(38-21-12-20-37-34-18-8-11-24-43(34)54-45(37)38)52-49(51-47)40-28-39-35-26-25-30(27-44(35)55-46(39)36-19-5-4-15-31(36)40)53-41-22-9-6-16-32(41)33-17-7-10-23-42(33)53;1-3-13-29(14-4-1)47-50-48(30-15-5-2-6-16-30)52-49(51-47)40-27-39-34-24-23-31(25-43(34)54-46(39)36-20-8-7-17-32(36)40)53-41-21-11-9-18-33(41)37-26-38-35-19-10-12-22-44(35)55-45(38)28-42(37)53/h2*1-28H. The molecule has 0 aliphatic heterocycles. The molecular formula is C98H56N8O3S. The highest BCUT2D eigenvalue weighted by molar-refractivity contribution is 7.25. The van der Waals surface area contributed by atoms with Gasteiger partial charge in [0.1, 0.15) is 33.5 Å². The minimum Gasteiger partial charge on any atom is -0.455 e. The number of thiophene rings is 1. The van der Waals surface area contributed by atoms with Crippen LogP contribution in [0, 0.1) is 0 Å². The Morgan fingerprint density at radius 2 is 0.573 bits per heavy atom. The predicted molar refractivity (Wildman–Crippen MR) is 451 cm³/mol. The molecule has 0 spiro atoms. The summed E-state index contributed by atoms with van der Waals surface area (Å²) >= 11 is 1.85. The molecule has 0 radical (unpaired) electrons. The summed E-state index contributed by atoms with van der Waals surface area (Å²) in [6.07, 6.45) is 0. The lowest BCUT2D eigenvalue weighted by Crippen LogP contribution is -2.00. The summed E-state index contributed by atoms with van der Waals surface area (Å²) in [5, 5.41) is 17.7. The van der Waals surface area contributed by atoms with Gasteiger partial charge in [0.15, 0.2) is 34.9 Å². The molecule has 512 valence electrons. The minimum absolute atomic E-state index is 0.547. The molecule has 0 atom stereocenters. The second kappa shape index (κ2) is 24.4. The zero-order chi connectivity index (χ0) is 72.1. The molecule has 0 aliphatic carbocycles. The summed E-state index contributed by atoms with van der Waals surface area (Å²) in [5.74, 6) is 3.60. The highest BCUT2D eigenvalue weighted by Crippen LogP contribution is 2.47. The Hall–Kier alpha value is -14.7. The third-order valence-corrected chi connectivity index (χ3v) is 22.8. The number of fused-ring (bicyclic) bond motifs is 22. The first-order chi connectivity index (χ1) is 54.5. The number of para-hydroxylation sites is 5. The van der Waals surface area contributed by atoms with Crippen molar-refractivity contribution < 1.29 is 13.3 Å². The number of rotatable bonds is 8. The molecule has 0 saturated carbocycles. The van der Waals surface area contributed by atoms with Gasteiger partial charge in [-0.15, -0.1) is 11.3 Å². The molecule has 0 N–H and O–H groups in total. The van der Waals surface area contributed by atoms with E-state index in [1.165, 1.54) is 52.8 Å². The molecule has 24 aromatic rings. The van der Waals surface area contributed by atoms with Crippen molar-refractivity contribution in [2.75, 3.05) is 0 Å². The summed E-state index contributed by atoms with van der Waals surface area (Å²) in [6, 6.07) is 118. The molecule has 11 nitrogen and oxygen atoms in total. The molecule has 12 heteroatoms. The largest absolute Gasteiger partial charge is 0.455 e. The van der Waals surface area contributed by atoms with Crippen molar-refractivity contribution in [3.8, 4) is 79.7 Å². The van der Waals surface area contributed by atoms with E-state index in [-0.39, 0.29) is 0 Å². The van der Waals surface area contributed by atoms with E-state index in [9.17, 15) is 0 Å². The second-order valence-corrected chi connectivity index (χ2v) is 29.0. The normalized spacial score (nSPS) is 12.0. The van der Waals surface area contributed by atoms with E-state index < -0.39 is 0 Å². The van der Waals surface area contributed by atoms with Crippen LogP contribution >= 0.6 is 11.3 Å². The maximum atomic E-state index is 6.85. The SMILES string of the molecule is c1ccc(-c2nc(-c3cc4c5ccc(-n6c7ccccc7c7ccccc76)cc5oc4c4ccccc34)nc(-c3cccc4c3oc3ccccc34)n2)cc1.c1ccc(-c2nc(-c3ccccc3)nc(-c3cc4c5ccc(-n6c7ccccc7c7cc8c(cc76)sc6ccccc68)cc5oc4c4ccccc34)n2)cc1. The summed E-state index contributed by atoms with van der Waals surface area (Å²) in [6.45, 7) is 0. The molecule has 0 saturated heterocycles. The summed E-state index contributed by atoms with van der Waals surface area (Å²) in [5.41, 5.74) is 17.1. The fraction of sp³-hybridized carbons (Fsp3) is 0. The first kappa shape index (κ1) is 61.6. The highest BCUT2D eigenvalue weighted by Gasteiger charge is 2.25. The van der Waals surface area contributed by atoms with Gasteiger partial charge in [-0.25, -0.2) is 29.9 Å². The topological polar surface area (TPSA) is 127 Å². The van der Waals surface area contributed by atoms with E-state index in [2.05, 4.69) is 228 Å². The van der Waals surface area contributed by atoms with E-state index in [0.29, 0.717) is 34.9 Å². The first-order valence-corrected chi connectivity index (χ1v) is 37.5. The Kier molecular flexibility index (Phi) is 13.7. The molecule has 110 heavy (non-hydrogen) atoms. The van der Waals surface area contributed by atoms with Gasteiger partial charge in [-0.2, -0.15) is 0 Å². The van der Waals surface area contributed by atoms with Gasteiger partial charge in [0, 0.05) is 136 Å². The van der Waals surface area contributed by atoms with E-state index in [0.717, 1.165) is 143 Å². The number of benzene rings is 16. The Balaban J connectivity index is 0.000000132. The predicted octanol–water partition coefficient (Wildman–Crippen LogP) is 26.3. The number of furan rings is 3. The van der Waals surface area contributed by atoms with E-state index in [1.807, 2.05) is 133 Å². The third-order valence-electron chi connectivity index (χ3n) is 21.7. The van der Waals surface area contributed by atoms with E-state index in [1.54, 1.807) is 0 Å². The van der Waals surface area contributed by atoms with Crippen molar-refractivity contribution in [2.24, 2.45) is 0 Å². The van der Waals surface area contributed by atoms with Crippen LogP contribution in [0.4, 0.5) is 0 Å². The van der Waals surface area contributed by atoms with Gasteiger partial charge in [0.25, 0.3) is 0 Å². The molecule has 24 rings (SSSR count). The van der Waals surface area contributed by atoms with Crippen LogP contribution in [-0.4, -0.2) is 39.0 Å². The molecular weight excluding hydrogens is 1370 g/mol. The van der Waals surface area contributed by atoms with Crippen LogP contribution < -0.4 is 0 Å². The zero-order valence-electron chi connectivity index (χ0n) is 58.5. The second-order valence-electron chi connectivity index (χ2n) is 27.9. The molecule has 0 fully saturated rings. The first-order valence-electron chi connectivity index (χ1n) is 36.7. The van der Waals surface area contributed by atoms with Crippen molar-refractivity contribution in [3.63, 3.8) is 0 Å². The third kappa shape index (κ3) is 9.69. The lowest BCUT2D eigenvalue weighted by Gasteiger charge is -2.11. The van der Waals surface area contributed by atoms with Crippen LogP contribution in [0.3, 0.4) is 0 Å². The monoisotopic (exact) mass is 1420 g/mol. The summed E-state index contributed by atoms with van der Waals surface area (Å²) in [4.78, 5) is 30.6. The lowest BCUT2D eigenvalue weighted by atomic mass is 9.99. The Morgan fingerprint density at radius 3 is 1.10 bits per heavy atom. The molecule has 8 heterocycles. The average Bonchev–Trinajstić information content (AvgIpc) is 1.56. The molecule has 0 aliphatic rings. The number of hydrogen-bond donors (Lipinski definition) is 0. The van der Waals surface area contributed by atoms with E-state index in [4.69, 9.17) is 43.2 Å². The van der Waals surface area contributed by atoms with Gasteiger partial charge in [0.05, 0.1) is 27.6 Å². The molecule has 16 aromatic carbocycles. The fourth-order valence-corrected chi connectivity index (χ4v) is 17.8. The average molecular weight is 1430 g/mol. The molecule has 0 bridgehead atoms. The molecule has 0 amide bonds. The van der Waals surface area contributed by atoms with Crippen LogP contribution in [-0.2, 0) is 0 Å². The maximum absolute atomic E-state index is 6.85. The molecule has 8 aromatic heterocycles. The highest BCUT2D eigenvalue weighted by atomic mass is 32.1. The smallest absolute Gasteiger partial charge is 0.167 e. The van der Waals surface area contributed by atoms with Crippen LogP contribution in [0.5, 0.6) is 0 Å². The summed E-state index contributed by atoms with van der Waals surface area (Å²) in [7, 11) is 0. The number of hydrogen-bond acceptors (Lipinski definition) is 10. The van der Waals surface area contributed by atoms with Gasteiger partial charge in [-0.05, 0) is 95.7 Å². The van der Waals surface area contributed by atoms with Crippen LogP contribution in [0.1, 0.15) is 0 Å². The fourth-order valence-electron chi connectivity index (χ4n) is 16.7. The van der Waals surface area contributed by atoms with E-state index >= 15 is 0 Å². The van der Waals surface area contributed by atoms with Crippen LogP contribution in [0.2, 0.25) is 0 Å². The van der Waals surface area contributed by atoms with Crippen molar-refractivity contribution in [2.45, 2.75) is 0 Å². The van der Waals surface area contributed by atoms with Crippen molar-refractivity contribution in [1.82, 2.24) is 39.0 Å². The van der Waals surface area contributed by atoms with Gasteiger partial charge < -0.3 is 22.4 Å². The Labute approximate surface area is 630 Å². The van der Waals surface area contributed by atoms with Crippen molar-refractivity contribution >= 4 is 162 Å². The van der Waals surface area contributed by atoms with Crippen LogP contribution in [0.25, 0.3) is 231 Å². The number of nitrogens with zero attached hydrogens (tertiary/aromatic N) is 8. The van der Waals surface area contributed by atoms with Gasteiger partial charge >= 0.3 is 0 Å². The zero-order valence-corrected chi connectivity index (χ0v) is 59.4. The quantitative estimate of drug-likeness (QED) is 0.146. The number of aromatic nitrogens is 8. The summed E-state index contributed by atoms with van der Waals surface area (Å²) < 4.78 is 27.4. The van der Waals surface area contributed by atoms with Gasteiger partial charge in [0.2, 0.25) is 0 Å². The molecule has 0 unspecified atom stereocenters.